The van der Waals surface area contributed by atoms with E-state index in [1.807, 2.05) is 30.3 Å². The molecule has 0 radical (unpaired) electrons. The van der Waals surface area contributed by atoms with Crippen molar-refractivity contribution in [2.75, 3.05) is 0 Å². The molecule has 0 spiro atoms. The van der Waals surface area contributed by atoms with Gasteiger partial charge in [-0.3, -0.25) is 4.98 Å². The largest absolute Gasteiger partial charge is 0.365 e. The molecule has 1 heterocycles. The molecule has 0 atom stereocenters. The van der Waals surface area contributed by atoms with E-state index in [0.717, 1.165) is 16.5 Å². The van der Waals surface area contributed by atoms with E-state index in [1.54, 1.807) is 12.3 Å². The summed E-state index contributed by atoms with van der Waals surface area (Å²) in [4.78, 5) is 4.24. The fraction of sp³-hybridized carbons (Fsp3) is 0.0833. The maximum atomic E-state index is 8.68. The quantitative estimate of drug-likeness (QED) is 0.725. The van der Waals surface area contributed by atoms with E-state index in [0.29, 0.717) is 0 Å². The number of para-hydroxylation sites is 1. The van der Waals surface area contributed by atoms with Gasteiger partial charge in [-0.15, -0.1) is 0 Å². The van der Waals surface area contributed by atoms with Gasteiger partial charge in [-0.05, 0) is 23.8 Å². The minimum Gasteiger partial charge on any atom is -0.365 e. The SMILES string of the molecule is OC(O)C=Cc1cnc2ccccc2c1. The number of rotatable bonds is 2. The van der Waals surface area contributed by atoms with Crippen LogP contribution in [0.15, 0.2) is 42.6 Å². The highest BCUT2D eigenvalue weighted by atomic mass is 16.5. The third kappa shape index (κ3) is 2.40. The lowest BCUT2D eigenvalue weighted by molar-refractivity contribution is 0.00304. The van der Waals surface area contributed by atoms with Crippen LogP contribution >= 0.6 is 0 Å². The Labute approximate surface area is 87.3 Å². The molecule has 0 amide bonds. The lowest BCUT2D eigenvalue weighted by atomic mass is 10.1. The molecule has 2 rings (SSSR count). The summed E-state index contributed by atoms with van der Waals surface area (Å²) >= 11 is 0. The predicted molar refractivity (Wildman–Crippen MR) is 59.0 cm³/mol. The molecular weight excluding hydrogens is 190 g/mol. The van der Waals surface area contributed by atoms with Gasteiger partial charge in [0.1, 0.15) is 0 Å². The van der Waals surface area contributed by atoms with Gasteiger partial charge >= 0.3 is 0 Å². The topological polar surface area (TPSA) is 53.4 Å². The first-order valence-electron chi connectivity index (χ1n) is 4.65. The second-order valence-electron chi connectivity index (χ2n) is 3.23. The second kappa shape index (κ2) is 4.21. The molecule has 3 heteroatoms. The highest BCUT2D eigenvalue weighted by Crippen LogP contribution is 2.13. The van der Waals surface area contributed by atoms with Crippen LogP contribution in [0.1, 0.15) is 5.56 Å². The summed E-state index contributed by atoms with van der Waals surface area (Å²) in [7, 11) is 0. The van der Waals surface area contributed by atoms with Gasteiger partial charge in [0.25, 0.3) is 0 Å². The zero-order valence-electron chi connectivity index (χ0n) is 8.04. The first-order chi connectivity index (χ1) is 7.25. The number of pyridine rings is 1. The van der Waals surface area contributed by atoms with E-state index in [1.165, 1.54) is 6.08 Å². The third-order valence-electron chi connectivity index (χ3n) is 2.07. The van der Waals surface area contributed by atoms with Gasteiger partial charge in [0.05, 0.1) is 5.52 Å². The molecule has 1 aromatic carbocycles. The average molecular weight is 201 g/mol. The molecule has 0 fully saturated rings. The number of aliphatic hydroxyl groups is 2. The number of aromatic nitrogens is 1. The van der Waals surface area contributed by atoms with Crippen LogP contribution in [0.3, 0.4) is 0 Å². The van der Waals surface area contributed by atoms with Crippen molar-refractivity contribution in [2.45, 2.75) is 6.29 Å². The minimum atomic E-state index is -1.42. The van der Waals surface area contributed by atoms with Crippen LogP contribution in [0.4, 0.5) is 0 Å². The maximum absolute atomic E-state index is 8.68. The Morgan fingerprint density at radius 1 is 1.20 bits per heavy atom. The Morgan fingerprint density at radius 2 is 2.00 bits per heavy atom. The van der Waals surface area contributed by atoms with Crippen molar-refractivity contribution in [1.29, 1.82) is 0 Å². The minimum absolute atomic E-state index is 0.849. The van der Waals surface area contributed by atoms with E-state index in [-0.39, 0.29) is 0 Å². The van der Waals surface area contributed by atoms with Crippen molar-refractivity contribution < 1.29 is 10.2 Å². The van der Waals surface area contributed by atoms with Gasteiger partial charge in [0, 0.05) is 11.6 Å². The van der Waals surface area contributed by atoms with Crippen LogP contribution in [0.2, 0.25) is 0 Å². The Morgan fingerprint density at radius 3 is 2.80 bits per heavy atom. The molecule has 0 saturated heterocycles. The molecule has 0 bridgehead atoms. The second-order valence-corrected chi connectivity index (χ2v) is 3.23. The summed E-state index contributed by atoms with van der Waals surface area (Å²) in [5.41, 5.74) is 1.78. The number of nitrogens with zero attached hydrogens (tertiary/aromatic N) is 1. The predicted octanol–water partition coefficient (Wildman–Crippen LogP) is 1.56. The highest BCUT2D eigenvalue weighted by Gasteiger charge is 1.94. The van der Waals surface area contributed by atoms with E-state index < -0.39 is 6.29 Å². The Kier molecular flexibility index (Phi) is 2.76. The zero-order valence-corrected chi connectivity index (χ0v) is 8.04. The molecule has 0 saturated carbocycles. The Bertz CT molecular complexity index is 492. The van der Waals surface area contributed by atoms with Crippen molar-refractivity contribution >= 4 is 17.0 Å². The number of hydrogen-bond donors (Lipinski definition) is 2. The van der Waals surface area contributed by atoms with Crippen LogP contribution in [-0.2, 0) is 0 Å². The van der Waals surface area contributed by atoms with Crippen LogP contribution in [0.5, 0.6) is 0 Å². The summed E-state index contributed by atoms with van der Waals surface area (Å²) in [6.07, 6.45) is 3.20. The molecular formula is C12H11NO2. The molecule has 0 unspecified atom stereocenters. The summed E-state index contributed by atoms with van der Waals surface area (Å²) < 4.78 is 0. The molecule has 0 aliphatic rings. The molecule has 76 valence electrons. The van der Waals surface area contributed by atoms with E-state index in [4.69, 9.17) is 10.2 Å². The number of benzene rings is 1. The van der Waals surface area contributed by atoms with Crippen LogP contribution < -0.4 is 0 Å². The first-order valence-corrected chi connectivity index (χ1v) is 4.65. The number of hydrogen-bond acceptors (Lipinski definition) is 3. The molecule has 0 aliphatic carbocycles. The number of aliphatic hydroxyl groups excluding tert-OH is 1. The summed E-state index contributed by atoms with van der Waals surface area (Å²) in [5.74, 6) is 0. The van der Waals surface area contributed by atoms with Crippen LogP contribution in [-0.4, -0.2) is 21.5 Å². The molecule has 0 aliphatic heterocycles. The van der Waals surface area contributed by atoms with Gasteiger partial charge in [0.15, 0.2) is 6.29 Å². The first kappa shape index (κ1) is 9.83. The maximum Gasteiger partial charge on any atom is 0.171 e. The van der Waals surface area contributed by atoms with Crippen LogP contribution in [0.25, 0.3) is 17.0 Å². The molecule has 2 aromatic rings. The molecule has 1 aromatic heterocycles. The van der Waals surface area contributed by atoms with Crippen molar-refractivity contribution in [3.8, 4) is 0 Å². The van der Waals surface area contributed by atoms with Gasteiger partial charge in [0.2, 0.25) is 0 Å². The summed E-state index contributed by atoms with van der Waals surface area (Å²) in [6.45, 7) is 0. The fourth-order valence-electron chi connectivity index (χ4n) is 1.38. The standard InChI is InChI=1S/C12H11NO2/c14-12(15)6-5-9-7-10-3-1-2-4-11(10)13-8-9/h1-8,12,14-15H. The van der Waals surface area contributed by atoms with E-state index in [9.17, 15) is 0 Å². The lowest BCUT2D eigenvalue weighted by Crippen LogP contribution is -1.96. The lowest BCUT2D eigenvalue weighted by Gasteiger charge is -1.98. The van der Waals surface area contributed by atoms with E-state index >= 15 is 0 Å². The smallest absolute Gasteiger partial charge is 0.171 e. The van der Waals surface area contributed by atoms with Crippen molar-refractivity contribution in [3.63, 3.8) is 0 Å². The van der Waals surface area contributed by atoms with Crippen LogP contribution in [0, 0.1) is 0 Å². The van der Waals surface area contributed by atoms with Gasteiger partial charge < -0.3 is 10.2 Å². The number of fused-ring (bicyclic) bond motifs is 1. The summed E-state index contributed by atoms with van der Waals surface area (Å²) in [6, 6.07) is 9.72. The zero-order chi connectivity index (χ0) is 10.7. The van der Waals surface area contributed by atoms with Crippen molar-refractivity contribution in [3.05, 3.63) is 48.2 Å². The highest BCUT2D eigenvalue weighted by molar-refractivity contribution is 5.80. The summed E-state index contributed by atoms with van der Waals surface area (Å²) in [5, 5.41) is 18.4. The Hall–Kier alpha value is -1.71. The molecule has 2 N–H and O–H groups in total. The third-order valence-corrected chi connectivity index (χ3v) is 2.07. The van der Waals surface area contributed by atoms with Crippen molar-refractivity contribution in [2.24, 2.45) is 0 Å². The van der Waals surface area contributed by atoms with Gasteiger partial charge in [-0.2, -0.15) is 0 Å². The van der Waals surface area contributed by atoms with Gasteiger partial charge in [-0.1, -0.05) is 24.3 Å². The molecule has 15 heavy (non-hydrogen) atoms. The van der Waals surface area contributed by atoms with Gasteiger partial charge in [-0.25, -0.2) is 0 Å². The Balaban J connectivity index is 2.39. The van der Waals surface area contributed by atoms with E-state index in [2.05, 4.69) is 4.98 Å². The molecule has 3 nitrogen and oxygen atoms in total. The normalized spacial score (nSPS) is 11.7. The van der Waals surface area contributed by atoms with Crippen molar-refractivity contribution in [1.82, 2.24) is 4.98 Å². The fourth-order valence-corrected chi connectivity index (χ4v) is 1.38. The monoisotopic (exact) mass is 201 g/mol. The average Bonchev–Trinajstić information content (AvgIpc) is 2.26.